The molecule has 0 spiro atoms. The highest BCUT2D eigenvalue weighted by molar-refractivity contribution is 7.16. The van der Waals surface area contributed by atoms with Gasteiger partial charge in [0.25, 0.3) is 0 Å². The van der Waals surface area contributed by atoms with Crippen molar-refractivity contribution in [1.82, 2.24) is 25.1 Å². The summed E-state index contributed by atoms with van der Waals surface area (Å²) in [6, 6.07) is 7.85. The first kappa shape index (κ1) is 15.4. The lowest BCUT2D eigenvalue weighted by Gasteiger charge is -2.06. The van der Waals surface area contributed by atoms with Crippen LogP contribution < -0.4 is 10.1 Å². The van der Waals surface area contributed by atoms with Gasteiger partial charge < -0.3 is 10.1 Å². The largest absolute Gasteiger partial charge is 0.497 e. The van der Waals surface area contributed by atoms with Crippen LogP contribution in [0.4, 0.5) is 0 Å². The Morgan fingerprint density at radius 2 is 2.30 bits per heavy atom. The van der Waals surface area contributed by atoms with Gasteiger partial charge in [0.2, 0.25) is 10.9 Å². The Morgan fingerprint density at radius 1 is 1.39 bits per heavy atom. The third-order valence-corrected chi connectivity index (χ3v) is 4.34. The van der Waals surface area contributed by atoms with Crippen molar-refractivity contribution in [3.05, 3.63) is 41.2 Å². The van der Waals surface area contributed by atoms with E-state index in [1.807, 2.05) is 24.3 Å². The number of ether oxygens (including phenoxy) is 1. The van der Waals surface area contributed by atoms with Crippen LogP contribution in [0.3, 0.4) is 0 Å². The Hall–Kier alpha value is -2.48. The number of fused-ring (bicyclic) bond motifs is 1. The summed E-state index contributed by atoms with van der Waals surface area (Å²) in [6.45, 7) is 0.608. The van der Waals surface area contributed by atoms with E-state index >= 15 is 0 Å². The van der Waals surface area contributed by atoms with Crippen LogP contribution in [0.5, 0.6) is 5.75 Å². The van der Waals surface area contributed by atoms with Gasteiger partial charge in [-0.1, -0.05) is 23.5 Å². The molecule has 2 aromatic heterocycles. The van der Waals surface area contributed by atoms with Crippen molar-refractivity contribution in [2.24, 2.45) is 0 Å². The van der Waals surface area contributed by atoms with E-state index in [1.54, 1.807) is 18.0 Å². The fraction of sp³-hybridized carbons (Fsp3) is 0.333. The lowest BCUT2D eigenvalue weighted by atomic mass is 10.1. The van der Waals surface area contributed by atoms with E-state index in [1.165, 1.54) is 11.3 Å². The van der Waals surface area contributed by atoms with Crippen LogP contribution in [0.25, 0.3) is 4.96 Å². The molecule has 0 unspecified atom stereocenters. The van der Waals surface area contributed by atoms with Crippen LogP contribution in [0.15, 0.2) is 30.6 Å². The first-order valence-corrected chi connectivity index (χ1v) is 8.11. The van der Waals surface area contributed by atoms with Crippen LogP contribution in [0, 0.1) is 0 Å². The second-order valence-corrected chi connectivity index (χ2v) is 6.05. The van der Waals surface area contributed by atoms with E-state index in [4.69, 9.17) is 4.74 Å². The monoisotopic (exact) mass is 331 g/mol. The van der Waals surface area contributed by atoms with Crippen molar-refractivity contribution in [3.8, 4) is 5.75 Å². The minimum Gasteiger partial charge on any atom is -0.497 e. The molecule has 1 aromatic carbocycles. The zero-order valence-electron chi connectivity index (χ0n) is 12.7. The summed E-state index contributed by atoms with van der Waals surface area (Å²) >= 11 is 1.46. The molecule has 1 amide bonds. The Morgan fingerprint density at radius 3 is 3.13 bits per heavy atom. The van der Waals surface area contributed by atoms with Crippen molar-refractivity contribution in [1.29, 1.82) is 0 Å². The van der Waals surface area contributed by atoms with Gasteiger partial charge in [-0.25, -0.2) is 0 Å². The van der Waals surface area contributed by atoms with Gasteiger partial charge in [0, 0.05) is 19.4 Å². The van der Waals surface area contributed by atoms with Crippen LogP contribution in [-0.2, 0) is 17.6 Å². The Labute approximate surface area is 137 Å². The van der Waals surface area contributed by atoms with E-state index in [-0.39, 0.29) is 5.91 Å². The smallest absolute Gasteiger partial charge is 0.234 e. The van der Waals surface area contributed by atoms with E-state index in [0.717, 1.165) is 27.7 Å². The van der Waals surface area contributed by atoms with Gasteiger partial charge in [0.15, 0.2) is 0 Å². The summed E-state index contributed by atoms with van der Waals surface area (Å²) in [5.74, 6) is 0.857. The maximum atomic E-state index is 11.9. The van der Waals surface area contributed by atoms with E-state index in [9.17, 15) is 4.79 Å². The normalized spacial score (nSPS) is 10.8. The van der Waals surface area contributed by atoms with Crippen LogP contribution in [-0.4, -0.2) is 39.4 Å². The number of carbonyl (C=O) groups excluding carboxylic acids is 1. The average Bonchev–Trinajstić information content (AvgIpc) is 3.14. The molecule has 3 aromatic rings. The molecule has 0 aliphatic rings. The highest BCUT2D eigenvalue weighted by atomic mass is 32.1. The Kier molecular flexibility index (Phi) is 4.82. The molecular formula is C15H17N5O2S. The number of aromatic nitrogens is 4. The van der Waals surface area contributed by atoms with Crippen LogP contribution in [0.2, 0.25) is 0 Å². The SMILES string of the molecule is COc1cccc(CCNC(=O)CCc2nn3cnnc3s2)c1. The van der Waals surface area contributed by atoms with Crippen molar-refractivity contribution in [2.45, 2.75) is 19.3 Å². The van der Waals surface area contributed by atoms with Gasteiger partial charge in [0.05, 0.1) is 7.11 Å². The van der Waals surface area contributed by atoms with Gasteiger partial charge in [-0.05, 0) is 24.1 Å². The van der Waals surface area contributed by atoms with Gasteiger partial charge in [-0.3, -0.25) is 4.79 Å². The summed E-state index contributed by atoms with van der Waals surface area (Å²) in [7, 11) is 1.65. The number of carbonyl (C=O) groups is 1. The fourth-order valence-corrected chi connectivity index (χ4v) is 3.00. The number of aryl methyl sites for hydroxylation is 1. The maximum absolute atomic E-state index is 11.9. The first-order valence-electron chi connectivity index (χ1n) is 7.30. The predicted molar refractivity (Wildman–Crippen MR) is 86.7 cm³/mol. The van der Waals surface area contributed by atoms with E-state index in [0.29, 0.717) is 19.4 Å². The molecule has 7 nitrogen and oxygen atoms in total. The van der Waals surface area contributed by atoms with E-state index < -0.39 is 0 Å². The molecule has 23 heavy (non-hydrogen) atoms. The fourth-order valence-electron chi connectivity index (χ4n) is 2.19. The minimum absolute atomic E-state index is 0.0267. The summed E-state index contributed by atoms with van der Waals surface area (Å²) in [6.07, 6.45) is 3.37. The molecule has 3 rings (SSSR count). The summed E-state index contributed by atoms with van der Waals surface area (Å²) in [4.78, 5) is 12.6. The topological polar surface area (TPSA) is 81.4 Å². The van der Waals surface area contributed by atoms with Crippen molar-refractivity contribution in [2.75, 3.05) is 13.7 Å². The molecule has 0 aliphatic carbocycles. The summed E-state index contributed by atoms with van der Waals surface area (Å²) in [5, 5.41) is 15.8. The quantitative estimate of drug-likeness (QED) is 0.709. The molecule has 0 saturated heterocycles. The molecule has 0 saturated carbocycles. The number of hydrogen-bond acceptors (Lipinski definition) is 6. The number of nitrogens with one attached hydrogen (secondary N) is 1. The number of nitrogens with zero attached hydrogens (tertiary/aromatic N) is 4. The number of benzene rings is 1. The maximum Gasteiger partial charge on any atom is 0.234 e. The van der Waals surface area contributed by atoms with Gasteiger partial charge in [-0.2, -0.15) is 9.61 Å². The average molecular weight is 331 g/mol. The zero-order valence-corrected chi connectivity index (χ0v) is 13.5. The molecule has 0 fully saturated rings. The molecule has 0 aliphatic heterocycles. The molecule has 0 bridgehead atoms. The highest BCUT2D eigenvalue weighted by Crippen LogP contribution is 2.14. The van der Waals surface area contributed by atoms with Gasteiger partial charge in [0.1, 0.15) is 17.1 Å². The number of methoxy groups -OCH3 is 1. The standard InChI is InChI=1S/C15H17N5O2S/c1-22-12-4-2-3-11(9-12)7-8-16-13(21)5-6-14-19-20-10-17-18-15(20)23-14/h2-4,9-10H,5-8H2,1H3,(H,16,21). The highest BCUT2D eigenvalue weighted by Gasteiger charge is 2.08. The lowest BCUT2D eigenvalue weighted by Crippen LogP contribution is -2.25. The summed E-state index contributed by atoms with van der Waals surface area (Å²) < 4.78 is 6.81. The zero-order chi connectivity index (χ0) is 16.1. The van der Waals surface area contributed by atoms with Gasteiger partial charge in [-0.15, -0.1) is 10.2 Å². The van der Waals surface area contributed by atoms with Crippen LogP contribution >= 0.6 is 11.3 Å². The lowest BCUT2D eigenvalue weighted by molar-refractivity contribution is -0.121. The van der Waals surface area contributed by atoms with Crippen molar-refractivity contribution < 1.29 is 9.53 Å². The third-order valence-electron chi connectivity index (χ3n) is 3.36. The van der Waals surface area contributed by atoms with Crippen molar-refractivity contribution in [3.63, 3.8) is 0 Å². The minimum atomic E-state index is 0.0267. The molecule has 2 heterocycles. The second kappa shape index (κ2) is 7.19. The molecule has 120 valence electrons. The van der Waals surface area contributed by atoms with Gasteiger partial charge >= 0.3 is 0 Å². The summed E-state index contributed by atoms with van der Waals surface area (Å²) in [5.41, 5.74) is 1.14. The van der Waals surface area contributed by atoms with Crippen LogP contribution in [0.1, 0.15) is 17.0 Å². The van der Waals surface area contributed by atoms with Crippen molar-refractivity contribution >= 4 is 22.2 Å². The number of rotatable bonds is 7. The number of hydrogen-bond donors (Lipinski definition) is 1. The first-order chi connectivity index (χ1) is 11.2. The molecular weight excluding hydrogens is 314 g/mol. The third kappa shape index (κ3) is 4.04. The molecule has 1 N–H and O–H groups in total. The Bertz CT molecular complexity index is 769. The molecule has 8 heteroatoms. The number of amides is 1. The molecule has 0 radical (unpaired) electrons. The second-order valence-electron chi connectivity index (χ2n) is 5.01. The predicted octanol–water partition coefficient (Wildman–Crippen LogP) is 1.49. The van der Waals surface area contributed by atoms with E-state index in [2.05, 4.69) is 20.6 Å². The molecule has 0 atom stereocenters. The Balaban J connectivity index is 1.41.